The minimum Gasteiger partial charge on any atom is -0.358 e. The number of aryl methyl sites for hydroxylation is 2. The van der Waals surface area contributed by atoms with Crippen LogP contribution in [0.5, 0.6) is 0 Å². The van der Waals surface area contributed by atoms with Gasteiger partial charge in [-0.15, -0.1) is 0 Å². The van der Waals surface area contributed by atoms with Crippen molar-refractivity contribution in [2.45, 2.75) is 32.2 Å². The van der Waals surface area contributed by atoms with Crippen molar-refractivity contribution in [3.05, 3.63) is 70.4 Å². The van der Waals surface area contributed by atoms with Crippen molar-refractivity contribution in [1.82, 2.24) is 20.1 Å². The van der Waals surface area contributed by atoms with Gasteiger partial charge < -0.3 is 20.1 Å². The Hall–Kier alpha value is -3.12. The van der Waals surface area contributed by atoms with Crippen molar-refractivity contribution < 1.29 is 9.59 Å². The van der Waals surface area contributed by atoms with E-state index in [1.807, 2.05) is 47.4 Å². The van der Waals surface area contributed by atoms with Gasteiger partial charge in [0.1, 0.15) is 0 Å². The number of amides is 2. The molecule has 0 radical (unpaired) electrons. The summed E-state index contributed by atoms with van der Waals surface area (Å²) in [4.78, 5) is 33.1. The van der Waals surface area contributed by atoms with E-state index < -0.39 is 0 Å². The third-order valence-corrected chi connectivity index (χ3v) is 6.80. The number of carbonyl (C=O) groups excluding carboxylic acids is 2. The van der Waals surface area contributed by atoms with E-state index in [9.17, 15) is 9.59 Å². The van der Waals surface area contributed by atoms with E-state index in [2.05, 4.69) is 22.2 Å². The number of carbonyl (C=O) groups is 2. The highest BCUT2D eigenvalue weighted by Gasteiger charge is 2.20. The molecule has 2 amide bonds. The molecule has 0 saturated carbocycles. The zero-order valence-electron chi connectivity index (χ0n) is 18.6. The standard InChI is InChI=1S/C26H30N4O2/c1-29-12-14-30(15-13-29)26(32)19-8-6-18(7-9-19)17-27-25(31)20-10-11-24-22(16-20)21-4-2-3-5-23(21)28-24/h6-11,16,28H,2-5,12-15,17H2,1H3,(H,27,31). The van der Waals surface area contributed by atoms with Gasteiger partial charge >= 0.3 is 0 Å². The summed E-state index contributed by atoms with van der Waals surface area (Å²) < 4.78 is 0. The molecule has 0 unspecified atom stereocenters. The zero-order valence-corrected chi connectivity index (χ0v) is 18.6. The number of hydrogen-bond donors (Lipinski definition) is 2. The van der Waals surface area contributed by atoms with Crippen LogP contribution in [0.25, 0.3) is 10.9 Å². The van der Waals surface area contributed by atoms with Crippen LogP contribution in [0.15, 0.2) is 42.5 Å². The van der Waals surface area contributed by atoms with Gasteiger partial charge in [-0.2, -0.15) is 0 Å². The summed E-state index contributed by atoms with van der Waals surface area (Å²) in [5.74, 6) is 0.00655. The second-order valence-electron chi connectivity index (χ2n) is 9.02. The average molecular weight is 431 g/mol. The first-order valence-corrected chi connectivity index (χ1v) is 11.6. The number of nitrogens with one attached hydrogen (secondary N) is 2. The number of nitrogens with zero attached hydrogens (tertiary/aromatic N) is 2. The molecule has 1 aliphatic heterocycles. The second-order valence-corrected chi connectivity index (χ2v) is 9.02. The summed E-state index contributed by atoms with van der Waals surface area (Å²) >= 11 is 0. The van der Waals surface area contributed by atoms with Crippen LogP contribution in [0.2, 0.25) is 0 Å². The third kappa shape index (κ3) is 4.15. The summed E-state index contributed by atoms with van der Waals surface area (Å²) in [6.07, 6.45) is 4.62. The lowest BCUT2D eigenvalue weighted by Gasteiger charge is -2.32. The molecule has 0 spiro atoms. The molecule has 32 heavy (non-hydrogen) atoms. The number of piperazine rings is 1. The highest BCUT2D eigenvalue weighted by atomic mass is 16.2. The Morgan fingerprint density at radius 1 is 0.938 bits per heavy atom. The molecular formula is C26H30N4O2. The fraction of sp³-hybridized carbons (Fsp3) is 0.385. The Kier molecular flexibility index (Phi) is 5.70. The first-order chi connectivity index (χ1) is 15.6. The van der Waals surface area contributed by atoms with Crippen molar-refractivity contribution in [3.63, 3.8) is 0 Å². The van der Waals surface area contributed by atoms with Crippen LogP contribution in [-0.2, 0) is 19.4 Å². The van der Waals surface area contributed by atoms with Crippen LogP contribution < -0.4 is 5.32 Å². The quantitative estimate of drug-likeness (QED) is 0.667. The minimum atomic E-state index is -0.0738. The van der Waals surface area contributed by atoms with E-state index in [0.29, 0.717) is 17.7 Å². The molecule has 1 saturated heterocycles. The maximum absolute atomic E-state index is 12.8. The van der Waals surface area contributed by atoms with Crippen molar-refractivity contribution in [1.29, 1.82) is 0 Å². The van der Waals surface area contributed by atoms with Crippen molar-refractivity contribution >= 4 is 22.7 Å². The van der Waals surface area contributed by atoms with Crippen LogP contribution in [0, 0.1) is 0 Å². The van der Waals surface area contributed by atoms with Crippen LogP contribution in [0.3, 0.4) is 0 Å². The first kappa shape index (κ1) is 20.8. The van der Waals surface area contributed by atoms with Gasteiger partial charge in [0.15, 0.2) is 0 Å². The van der Waals surface area contributed by atoms with Gasteiger partial charge in [0.25, 0.3) is 11.8 Å². The minimum absolute atomic E-state index is 0.0738. The van der Waals surface area contributed by atoms with Crippen LogP contribution in [0.1, 0.15) is 50.4 Å². The lowest BCUT2D eigenvalue weighted by molar-refractivity contribution is 0.0664. The van der Waals surface area contributed by atoms with E-state index in [-0.39, 0.29) is 11.8 Å². The van der Waals surface area contributed by atoms with Crippen molar-refractivity contribution in [2.75, 3.05) is 33.2 Å². The fourth-order valence-corrected chi connectivity index (χ4v) is 4.79. The van der Waals surface area contributed by atoms with Crippen LogP contribution in [-0.4, -0.2) is 59.8 Å². The highest BCUT2D eigenvalue weighted by molar-refractivity contribution is 5.99. The topological polar surface area (TPSA) is 68.4 Å². The predicted octanol–water partition coefficient (Wildman–Crippen LogP) is 3.36. The number of likely N-dealkylation sites (N-methyl/N-ethyl adjacent to an activating group) is 1. The SMILES string of the molecule is CN1CCN(C(=O)c2ccc(CNC(=O)c3ccc4[nH]c5c(c4c3)CCCC5)cc2)CC1. The van der Waals surface area contributed by atoms with E-state index in [0.717, 1.165) is 50.1 Å². The van der Waals surface area contributed by atoms with Crippen LogP contribution in [0.4, 0.5) is 0 Å². The Morgan fingerprint density at radius 2 is 1.66 bits per heavy atom. The van der Waals surface area contributed by atoms with Gasteiger partial charge in [-0.1, -0.05) is 12.1 Å². The lowest BCUT2D eigenvalue weighted by atomic mass is 9.95. The molecule has 6 nitrogen and oxygen atoms in total. The number of hydrogen-bond acceptors (Lipinski definition) is 3. The maximum Gasteiger partial charge on any atom is 0.253 e. The summed E-state index contributed by atoms with van der Waals surface area (Å²) in [5.41, 5.74) is 6.19. The van der Waals surface area contributed by atoms with E-state index >= 15 is 0 Å². The smallest absolute Gasteiger partial charge is 0.253 e. The summed E-state index contributed by atoms with van der Waals surface area (Å²) in [7, 11) is 2.08. The third-order valence-electron chi connectivity index (χ3n) is 6.80. The number of fused-ring (bicyclic) bond motifs is 3. The Balaban J connectivity index is 1.22. The van der Waals surface area contributed by atoms with E-state index in [1.54, 1.807) is 0 Å². The lowest BCUT2D eigenvalue weighted by Crippen LogP contribution is -2.47. The number of aromatic amines is 1. The summed E-state index contributed by atoms with van der Waals surface area (Å²) in [6.45, 7) is 3.79. The predicted molar refractivity (Wildman–Crippen MR) is 126 cm³/mol. The van der Waals surface area contributed by atoms with E-state index in [1.165, 1.54) is 29.5 Å². The number of rotatable bonds is 4. The molecule has 1 fully saturated rings. The van der Waals surface area contributed by atoms with Gasteiger partial charge in [-0.05, 0) is 74.2 Å². The van der Waals surface area contributed by atoms with Gasteiger partial charge in [-0.25, -0.2) is 0 Å². The molecular weight excluding hydrogens is 400 g/mol. The fourth-order valence-electron chi connectivity index (χ4n) is 4.79. The molecule has 3 aromatic rings. The molecule has 1 aromatic heterocycles. The van der Waals surface area contributed by atoms with Gasteiger partial charge in [0, 0.05) is 60.4 Å². The van der Waals surface area contributed by atoms with Crippen molar-refractivity contribution in [3.8, 4) is 0 Å². The molecule has 2 aromatic carbocycles. The monoisotopic (exact) mass is 430 g/mol. The summed E-state index contributed by atoms with van der Waals surface area (Å²) in [5, 5.41) is 4.20. The normalized spacial score (nSPS) is 16.7. The molecule has 0 atom stereocenters. The largest absolute Gasteiger partial charge is 0.358 e. The molecule has 5 rings (SSSR count). The molecule has 2 heterocycles. The van der Waals surface area contributed by atoms with Gasteiger partial charge in [-0.3, -0.25) is 9.59 Å². The second kappa shape index (κ2) is 8.79. The van der Waals surface area contributed by atoms with Crippen LogP contribution >= 0.6 is 0 Å². The Labute approximate surface area is 188 Å². The Bertz CT molecular complexity index is 1140. The number of H-pyrrole nitrogens is 1. The summed E-state index contributed by atoms with van der Waals surface area (Å²) in [6, 6.07) is 13.5. The molecule has 2 aliphatic rings. The molecule has 166 valence electrons. The number of benzene rings is 2. The molecule has 2 N–H and O–H groups in total. The Morgan fingerprint density at radius 3 is 2.44 bits per heavy atom. The van der Waals surface area contributed by atoms with Crippen molar-refractivity contribution in [2.24, 2.45) is 0 Å². The van der Waals surface area contributed by atoms with Gasteiger partial charge in [0.05, 0.1) is 0 Å². The molecule has 0 bridgehead atoms. The highest BCUT2D eigenvalue weighted by Crippen LogP contribution is 2.29. The number of aromatic nitrogens is 1. The molecule has 1 aliphatic carbocycles. The zero-order chi connectivity index (χ0) is 22.1. The molecule has 6 heteroatoms. The maximum atomic E-state index is 12.8. The average Bonchev–Trinajstić information content (AvgIpc) is 3.21. The van der Waals surface area contributed by atoms with E-state index in [4.69, 9.17) is 0 Å². The first-order valence-electron chi connectivity index (χ1n) is 11.6. The van der Waals surface area contributed by atoms with Gasteiger partial charge in [0.2, 0.25) is 0 Å².